The SMILES string of the molecule is CC(C)C1OCCCC1Nc1cc(NCc2ccc(C(N)=O)cc2)ncn1. The van der Waals surface area contributed by atoms with Crippen molar-refractivity contribution in [2.75, 3.05) is 17.2 Å². The maximum Gasteiger partial charge on any atom is 0.248 e. The predicted octanol–water partition coefficient (Wildman–Crippen LogP) is 2.80. The minimum atomic E-state index is -0.424. The van der Waals surface area contributed by atoms with Gasteiger partial charge in [0.15, 0.2) is 0 Å². The first kappa shape index (κ1) is 19.1. The molecule has 0 radical (unpaired) electrons. The van der Waals surface area contributed by atoms with E-state index < -0.39 is 5.91 Å². The number of benzene rings is 1. The summed E-state index contributed by atoms with van der Waals surface area (Å²) in [6.07, 6.45) is 3.86. The molecule has 2 unspecified atom stereocenters. The van der Waals surface area contributed by atoms with Crippen LogP contribution in [0.4, 0.5) is 11.6 Å². The molecular weight excluding hydrogens is 342 g/mol. The second-order valence-corrected chi connectivity index (χ2v) is 7.18. The summed E-state index contributed by atoms with van der Waals surface area (Å²) in [5.41, 5.74) is 6.80. The van der Waals surface area contributed by atoms with E-state index in [0.29, 0.717) is 18.0 Å². The summed E-state index contributed by atoms with van der Waals surface area (Å²) in [5.74, 6) is 1.56. The zero-order chi connectivity index (χ0) is 19.2. The Balaban J connectivity index is 1.60. The maximum atomic E-state index is 11.1. The van der Waals surface area contributed by atoms with Gasteiger partial charge in [-0.1, -0.05) is 26.0 Å². The second kappa shape index (κ2) is 8.81. The number of nitrogens with two attached hydrogens (primary N) is 1. The normalized spacial score (nSPS) is 19.7. The third-order valence-corrected chi connectivity index (χ3v) is 4.74. The lowest BCUT2D eigenvalue weighted by Crippen LogP contribution is -2.43. The number of nitrogens with zero attached hydrogens (tertiary/aromatic N) is 2. The molecule has 1 aromatic heterocycles. The van der Waals surface area contributed by atoms with Gasteiger partial charge in [-0.05, 0) is 36.5 Å². The number of primary amides is 1. The highest BCUT2D eigenvalue weighted by molar-refractivity contribution is 5.92. The van der Waals surface area contributed by atoms with Gasteiger partial charge in [-0.15, -0.1) is 0 Å². The van der Waals surface area contributed by atoms with E-state index in [1.54, 1.807) is 18.5 Å². The molecule has 0 spiro atoms. The van der Waals surface area contributed by atoms with Crippen LogP contribution >= 0.6 is 0 Å². The van der Waals surface area contributed by atoms with E-state index in [2.05, 4.69) is 34.4 Å². The predicted molar refractivity (Wildman–Crippen MR) is 106 cm³/mol. The molecule has 1 aliphatic heterocycles. The van der Waals surface area contributed by atoms with E-state index in [1.807, 2.05) is 18.2 Å². The smallest absolute Gasteiger partial charge is 0.248 e. The van der Waals surface area contributed by atoms with Crippen molar-refractivity contribution in [1.29, 1.82) is 0 Å². The molecule has 2 heterocycles. The number of nitrogens with one attached hydrogen (secondary N) is 2. The molecule has 0 bridgehead atoms. The van der Waals surface area contributed by atoms with Crippen molar-refractivity contribution in [3.05, 3.63) is 47.8 Å². The number of hydrogen-bond acceptors (Lipinski definition) is 6. The van der Waals surface area contributed by atoms with Crippen molar-refractivity contribution in [3.8, 4) is 0 Å². The summed E-state index contributed by atoms with van der Waals surface area (Å²) < 4.78 is 5.93. The fourth-order valence-electron chi connectivity index (χ4n) is 3.32. The van der Waals surface area contributed by atoms with E-state index in [0.717, 1.165) is 36.6 Å². The van der Waals surface area contributed by atoms with Gasteiger partial charge in [-0.2, -0.15) is 0 Å². The van der Waals surface area contributed by atoms with Gasteiger partial charge in [-0.3, -0.25) is 4.79 Å². The van der Waals surface area contributed by atoms with Crippen LogP contribution in [0.25, 0.3) is 0 Å². The number of anilines is 2. The lowest BCUT2D eigenvalue weighted by atomic mass is 9.94. The molecule has 144 valence electrons. The van der Waals surface area contributed by atoms with Crippen molar-refractivity contribution in [3.63, 3.8) is 0 Å². The van der Waals surface area contributed by atoms with Crippen LogP contribution in [0.1, 0.15) is 42.6 Å². The topological polar surface area (TPSA) is 102 Å². The van der Waals surface area contributed by atoms with Crippen molar-refractivity contribution in [2.24, 2.45) is 11.7 Å². The minimum Gasteiger partial charge on any atom is -0.376 e. The molecule has 1 fully saturated rings. The van der Waals surface area contributed by atoms with E-state index in [-0.39, 0.29) is 12.1 Å². The van der Waals surface area contributed by atoms with Crippen LogP contribution in [0.15, 0.2) is 36.7 Å². The molecular formula is C20H27N5O2. The molecule has 2 atom stereocenters. The van der Waals surface area contributed by atoms with E-state index in [1.165, 1.54) is 0 Å². The van der Waals surface area contributed by atoms with Crippen molar-refractivity contribution in [1.82, 2.24) is 9.97 Å². The molecule has 1 saturated heterocycles. The first-order chi connectivity index (χ1) is 13.0. The average Bonchev–Trinajstić information content (AvgIpc) is 2.67. The highest BCUT2D eigenvalue weighted by Gasteiger charge is 2.28. The van der Waals surface area contributed by atoms with Gasteiger partial charge in [0.2, 0.25) is 5.91 Å². The lowest BCUT2D eigenvalue weighted by Gasteiger charge is -2.35. The number of hydrogen-bond donors (Lipinski definition) is 3. The molecule has 4 N–H and O–H groups in total. The highest BCUT2D eigenvalue weighted by atomic mass is 16.5. The average molecular weight is 369 g/mol. The molecule has 0 saturated carbocycles. The maximum absolute atomic E-state index is 11.1. The number of aromatic nitrogens is 2. The Bertz CT molecular complexity index is 763. The van der Waals surface area contributed by atoms with Crippen molar-refractivity contribution in [2.45, 2.75) is 45.4 Å². The monoisotopic (exact) mass is 369 g/mol. The molecule has 7 heteroatoms. The Morgan fingerprint density at radius 1 is 1.26 bits per heavy atom. The van der Waals surface area contributed by atoms with Crippen LogP contribution in [0.3, 0.4) is 0 Å². The van der Waals surface area contributed by atoms with Crippen LogP contribution in [0, 0.1) is 5.92 Å². The molecule has 1 aromatic carbocycles. The molecule has 0 aliphatic carbocycles. The van der Waals surface area contributed by atoms with E-state index >= 15 is 0 Å². The number of amides is 1. The Morgan fingerprint density at radius 3 is 2.70 bits per heavy atom. The summed E-state index contributed by atoms with van der Waals surface area (Å²) in [7, 11) is 0. The standard InChI is InChI=1S/C20H27N5O2/c1-13(2)19-16(4-3-9-27-19)25-18-10-17(23-12-24-18)22-11-14-5-7-15(8-6-14)20(21)26/h5-8,10,12-13,16,19H,3-4,9,11H2,1-2H3,(H2,21,26)(H2,22,23,24,25). The first-order valence-electron chi connectivity index (χ1n) is 9.35. The number of rotatable bonds is 7. The van der Waals surface area contributed by atoms with Crippen LogP contribution in [-0.2, 0) is 11.3 Å². The third-order valence-electron chi connectivity index (χ3n) is 4.74. The van der Waals surface area contributed by atoms with E-state index in [4.69, 9.17) is 10.5 Å². The van der Waals surface area contributed by atoms with Gasteiger partial charge in [0.25, 0.3) is 0 Å². The third kappa shape index (κ3) is 5.17. The number of carbonyl (C=O) groups excluding carboxylic acids is 1. The van der Waals surface area contributed by atoms with Crippen LogP contribution in [-0.4, -0.2) is 34.6 Å². The fraction of sp³-hybridized carbons (Fsp3) is 0.450. The van der Waals surface area contributed by atoms with E-state index in [9.17, 15) is 4.79 Å². The van der Waals surface area contributed by atoms with Crippen LogP contribution in [0.5, 0.6) is 0 Å². The Hall–Kier alpha value is -2.67. The highest BCUT2D eigenvalue weighted by Crippen LogP contribution is 2.24. The number of ether oxygens (including phenoxy) is 1. The minimum absolute atomic E-state index is 0.189. The van der Waals surface area contributed by atoms with Gasteiger partial charge in [0, 0.05) is 24.8 Å². The summed E-state index contributed by atoms with van der Waals surface area (Å²) in [6.45, 7) is 5.78. The molecule has 7 nitrogen and oxygen atoms in total. The Kier molecular flexibility index (Phi) is 6.24. The molecule has 2 aromatic rings. The van der Waals surface area contributed by atoms with Crippen LogP contribution < -0.4 is 16.4 Å². The quantitative estimate of drug-likeness (QED) is 0.694. The van der Waals surface area contributed by atoms with Gasteiger partial charge in [0.05, 0.1) is 12.1 Å². The summed E-state index contributed by atoms with van der Waals surface area (Å²) in [5, 5.41) is 6.79. The summed E-state index contributed by atoms with van der Waals surface area (Å²) in [4.78, 5) is 19.8. The van der Waals surface area contributed by atoms with Gasteiger partial charge in [0.1, 0.15) is 18.0 Å². The van der Waals surface area contributed by atoms with Gasteiger partial charge >= 0.3 is 0 Å². The van der Waals surface area contributed by atoms with Crippen molar-refractivity contribution >= 4 is 17.5 Å². The zero-order valence-electron chi connectivity index (χ0n) is 15.8. The summed E-state index contributed by atoms with van der Waals surface area (Å²) in [6, 6.07) is 9.36. The van der Waals surface area contributed by atoms with Crippen LogP contribution in [0.2, 0.25) is 0 Å². The Labute approximate surface area is 159 Å². The fourth-order valence-corrected chi connectivity index (χ4v) is 3.32. The molecule has 1 amide bonds. The Morgan fingerprint density at radius 2 is 2.00 bits per heavy atom. The second-order valence-electron chi connectivity index (χ2n) is 7.18. The molecule has 1 aliphatic rings. The van der Waals surface area contributed by atoms with Gasteiger partial charge < -0.3 is 21.1 Å². The summed E-state index contributed by atoms with van der Waals surface area (Å²) >= 11 is 0. The lowest BCUT2D eigenvalue weighted by molar-refractivity contribution is -0.0203. The zero-order valence-corrected chi connectivity index (χ0v) is 15.8. The molecule has 27 heavy (non-hydrogen) atoms. The molecule has 3 rings (SSSR count). The number of carbonyl (C=O) groups is 1. The van der Waals surface area contributed by atoms with Gasteiger partial charge in [-0.25, -0.2) is 9.97 Å². The first-order valence-corrected chi connectivity index (χ1v) is 9.35. The van der Waals surface area contributed by atoms with Crippen molar-refractivity contribution < 1.29 is 9.53 Å². The largest absolute Gasteiger partial charge is 0.376 e.